The third kappa shape index (κ3) is 5.81. The van der Waals surface area contributed by atoms with Crippen LogP contribution >= 0.6 is 11.6 Å². The summed E-state index contributed by atoms with van der Waals surface area (Å²) in [6.45, 7) is 3.07. The zero-order valence-corrected chi connectivity index (χ0v) is 28.4. The predicted molar refractivity (Wildman–Crippen MR) is 182 cm³/mol. The molecule has 5 amide bonds. The molecule has 1 aromatic heterocycles. The smallest absolute Gasteiger partial charge is 0.369 e. The van der Waals surface area contributed by atoms with Gasteiger partial charge in [-0.05, 0) is 68.1 Å². The number of carbonyl (C=O) groups excluding carboxylic acids is 5. The van der Waals surface area contributed by atoms with Gasteiger partial charge in [-0.2, -0.15) is 13.2 Å². The summed E-state index contributed by atoms with van der Waals surface area (Å²) < 4.78 is 41.4. The molecule has 1 atom stereocenters. The molecule has 1 aliphatic carbocycles. The van der Waals surface area contributed by atoms with Crippen LogP contribution in [-0.2, 0) is 33.6 Å². The average Bonchev–Trinajstić information content (AvgIpc) is 3.57. The van der Waals surface area contributed by atoms with Crippen molar-refractivity contribution in [2.75, 3.05) is 29.9 Å². The predicted octanol–water partition coefficient (Wildman–Crippen LogP) is 4.43. The van der Waals surface area contributed by atoms with E-state index in [0.29, 0.717) is 45.6 Å². The van der Waals surface area contributed by atoms with E-state index in [1.54, 1.807) is 18.2 Å². The number of anilines is 2. The van der Waals surface area contributed by atoms with E-state index in [9.17, 15) is 37.1 Å². The molecular formula is C37H32ClF3N6O5. The molecule has 1 unspecified atom stereocenters. The molecule has 3 fully saturated rings. The molecule has 11 nitrogen and oxygen atoms in total. The molecule has 1 saturated carbocycles. The molecule has 3 aromatic rings. The number of alkyl halides is 3. The van der Waals surface area contributed by atoms with Crippen molar-refractivity contribution in [2.24, 2.45) is 5.92 Å². The van der Waals surface area contributed by atoms with Crippen LogP contribution in [0.1, 0.15) is 69.6 Å². The number of hydrogen-bond donors (Lipinski definition) is 2. The fourth-order valence-electron chi connectivity index (χ4n) is 7.68. The lowest BCUT2D eigenvalue weighted by atomic mass is 9.74. The van der Waals surface area contributed by atoms with Crippen LogP contribution in [0.4, 0.5) is 24.5 Å². The minimum absolute atomic E-state index is 0.0579. The number of benzene rings is 2. The maximum atomic E-state index is 13.6. The number of nitrogens with zero attached hydrogens (tertiary/aromatic N) is 4. The summed E-state index contributed by atoms with van der Waals surface area (Å²) in [5, 5.41) is 4.82. The van der Waals surface area contributed by atoms with Crippen molar-refractivity contribution in [2.45, 2.75) is 63.0 Å². The number of nitrogens with one attached hydrogen (secondary N) is 2. The third-order valence-electron chi connectivity index (χ3n) is 10.8. The molecule has 0 spiro atoms. The van der Waals surface area contributed by atoms with Gasteiger partial charge in [0.1, 0.15) is 11.6 Å². The lowest BCUT2D eigenvalue weighted by Gasteiger charge is -2.50. The first-order chi connectivity index (χ1) is 24.8. The molecule has 5 aliphatic rings. The van der Waals surface area contributed by atoms with E-state index in [1.807, 2.05) is 12.3 Å². The molecule has 5 heterocycles. The first-order valence-electron chi connectivity index (χ1n) is 17.1. The molecule has 2 saturated heterocycles. The number of halogens is 4. The topological polar surface area (TPSA) is 124 Å². The number of carbonyl (C=O) groups is 5. The van der Waals surface area contributed by atoms with E-state index >= 15 is 0 Å². The average molecular weight is 733 g/mol. The van der Waals surface area contributed by atoms with Crippen LogP contribution in [0.25, 0.3) is 0 Å². The summed E-state index contributed by atoms with van der Waals surface area (Å²) in [5.41, 5.74) is 1.61. The summed E-state index contributed by atoms with van der Waals surface area (Å²) in [6.07, 6.45) is -0.244. The molecule has 15 heteroatoms. The van der Waals surface area contributed by atoms with Gasteiger partial charge in [0.2, 0.25) is 17.7 Å². The Labute approximate surface area is 301 Å². The van der Waals surface area contributed by atoms with Crippen LogP contribution in [0.3, 0.4) is 0 Å². The van der Waals surface area contributed by atoms with Crippen molar-refractivity contribution in [3.05, 3.63) is 81.6 Å². The van der Waals surface area contributed by atoms with Crippen LogP contribution in [-0.4, -0.2) is 75.1 Å². The quantitative estimate of drug-likeness (QED) is 0.294. The lowest BCUT2D eigenvalue weighted by Crippen LogP contribution is -2.62. The van der Waals surface area contributed by atoms with Crippen molar-refractivity contribution >= 4 is 52.5 Å². The number of fused-ring (bicyclic) bond motifs is 2. The van der Waals surface area contributed by atoms with Gasteiger partial charge in [0.05, 0.1) is 33.3 Å². The van der Waals surface area contributed by atoms with Crippen molar-refractivity contribution in [3.8, 4) is 11.8 Å². The molecule has 0 radical (unpaired) electrons. The Morgan fingerprint density at radius 3 is 2.44 bits per heavy atom. The summed E-state index contributed by atoms with van der Waals surface area (Å²) in [5.74, 6) is 4.26. The summed E-state index contributed by atoms with van der Waals surface area (Å²) in [7, 11) is 0. The van der Waals surface area contributed by atoms with Crippen molar-refractivity contribution in [1.82, 2.24) is 19.7 Å². The molecule has 268 valence electrons. The highest BCUT2D eigenvalue weighted by Gasteiger charge is 2.50. The van der Waals surface area contributed by atoms with Crippen LogP contribution < -0.4 is 15.5 Å². The van der Waals surface area contributed by atoms with Crippen molar-refractivity contribution in [1.29, 1.82) is 0 Å². The Bertz CT molecular complexity index is 2130. The number of imide groups is 2. The van der Waals surface area contributed by atoms with Gasteiger partial charge in [0.15, 0.2) is 0 Å². The Morgan fingerprint density at radius 2 is 1.75 bits per heavy atom. The van der Waals surface area contributed by atoms with E-state index in [4.69, 9.17) is 11.6 Å². The maximum absolute atomic E-state index is 13.6. The lowest BCUT2D eigenvalue weighted by molar-refractivity contribution is -0.138. The van der Waals surface area contributed by atoms with Crippen molar-refractivity contribution in [3.63, 3.8) is 0 Å². The van der Waals surface area contributed by atoms with Crippen LogP contribution in [0, 0.1) is 17.8 Å². The summed E-state index contributed by atoms with van der Waals surface area (Å²) in [6, 6.07) is 8.98. The molecule has 8 rings (SSSR count). The zero-order valence-electron chi connectivity index (χ0n) is 27.7. The number of hydrogen-bond acceptors (Lipinski definition) is 7. The molecule has 4 aliphatic heterocycles. The summed E-state index contributed by atoms with van der Waals surface area (Å²) in [4.78, 5) is 68.9. The molecule has 2 N–H and O–H groups in total. The first-order valence-corrected chi connectivity index (χ1v) is 17.4. The SMILES string of the molecule is O=C1CCC(N2C(=O)c3ccc(N4CC(C#Cc5cc6n(c5)CCN(C5(C(=O)Nc7ccc(C(F)(F)F)cc7Cl)CCC5)C6)C4)cc3C2=O)C(=O)N1. The maximum Gasteiger partial charge on any atom is 0.416 e. The standard InChI is InChI=1S/C37H32ClF3N6O5/c38-28-15-23(37(39,40)41)4-7-29(28)42-35(52)36(10-1-11-36)46-13-12-44-17-21(14-25(44)20-46)2-3-22-18-45(19-22)24-5-6-26-27(16-24)34(51)47(33(26)50)30-8-9-31(48)43-32(30)49/h4-7,14-17,22,30H,1,8-13,18-20H2,(H,42,52)(H,43,48,49). The highest BCUT2D eigenvalue weighted by Crippen LogP contribution is 2.42. The third-order valence-corrected chi connectivity index (χ3v) is 11.1. The molecule has 0 bridgehead atoms. The number of rotatable bonds is 5. The van der Waals surface area contributed by atoms with Gasteiger partial charge in [-0.25, -0.2) is 0 Å². The van der Waals surface area contributed by atoms with Crippen LogP contribution in [0.5, 0.6) is 0 Å². The van der Waals surface area contributed by atoms with Crippen LogP contribution in [0.15, 0.2) is 48.7 Å². The Hall–Kier alpha value is -5.13. The molecule has 52 heavy (non-hydrogen) atoms. The second kappa shape index (κ2) is 12.5. The van der Waals surface area contributed by atoms with E-state index in [-0.39, 0.29) is 46.5 Å². The highest BCUT2D eigenvalue weighted by molar-refractivity contribution is 6.34. The fourth-order valence-corrected chi connectivity index (χ4v) is 7.91. The van der Waals surface area contributed by atoms with Gasteiger partial charge in [-0.15, -0.1) is 0 Å². The normalized spacial score (nSPS) is 21.4. The van der Waals surface area contributed by atoms with Gasteiger partial charge >= 0.3 is 6.18 Å². The van der Waals surface area contributed by atoms with Crippen LogP contribution in [0.2, 0.25) is 5.02 Å². The second-order valence-electron chi connectivity index (χ2n) is 13.9. The Kier molecular flexibility index (Phi) is 8.18. The van der Waals surface area contributed by atoms with E-state index in [2.05, 4.69) is 36.8 Å². The molecular weight excluding hydrogens is 701 g/mol. The van der Waals surface area contributed by atoms with Gasteiger partial charge in [0.25, 0.3) is 11.8 Å². The van der Waals surface area contributed by atoms with Gasteiger partial charge in [0, 0.05) is 62.3 Å². The first kappa shape index (κ1) is 34.0. The van der Waals surface area contributed by atoms with E-state index in [1.165, 1.54) is 6.07 Å². The Balaban J connectivity index is 0.888. The minimum Gasteiger partial charge on any atom is -0.369 e. The number of aromatic nitrogens is 1. The minimum atomic E-state index is -4.53. The highest BCUT2D eigenvalue weighted by atomic mass is 35.5. The number of amides is 5. The monoisotopic (exact) mass is 732 g/mol. The van der Waals surface area contributed by atoms with E-state index < -0.39 is 46.9 Å². The zero-order chi connectivity index (χ0) is 36.5. The molecule has 2 aromatic carbocycles. The van der Waals surface area contributed by atoms with Gasteiger partial charge < -0.3 is 14.8 Å². The fraction of sp³-hybridized carbons (Fsp3) is 0.378. The Morgan fingerprint density at radius 1 is 0.981 bits per heavy atom. The second-order valence-corrected chi connectivity index (χ2v) is 14.3. The van der Waals surface area contributed by atoms with E-state index in [0.717, 1.165) is 40.4 Å². The largest absolute Gasteiger partial charge is 0.416 e. The van der Waals surface area contributed by atoms with Crippen molar-refractivity contribution < 1.29 is 37.1 Å². The van der Waals surface area contributed by atoms with Gasteiger partial charge in [-0.3, -0.25) is 39.1 Å². The van der Waals surface area contributed by atoms with Gasteiger partial charge in [-0.1, -0.05) is 23.4 Å². The number of piperidine rings is 1. The summed E-state index contributed by atoms with van der Waals surface area (Å²) >= 11 is 6.13.